The largest absolute Gasteiger partial charge is 0.435 e. The number of likely N-dealkylation sites (N-methyl/N-ethyl adjacent to an activating group) is 1. The van der Waals surface area contributed by atoms with Crippen molar-refractivity contribution in [3.8, 4) is 0 Å². The van der Waals surface area contributed by atoms with Gasteiger partial charge in [-0.25, -0.2) is 0 Å². The van der Waals surface area contributed by atoms with Gasteiger partial charge in [-0.3, -0.25) is 14.2 Å². The van der Waals surface area contributed by atoms with Crippen molar-refractivity contribution in [3.05, 3.63) is 34.4 Å². The molecule has 0 aromatic carbocycles. The summed E-state index contributed by atoms with van der Waals surface area (Å²) in [7, 11) is 0. The molecule has 0 spiro atoms. The first kappa shape index (κ1) is 19.4. The topological polar surface area (TPSA) is 56.0 Å². The molecule has 0 saturated carbocycles. The van der Waals surface area contributed by atoms with E-state index >= 15 is 0 Å². The van der Waals surface area contributed by atoms with Crippen LogP contribution >= 0.6 is 0 Å². The van der Waals surface area contributed by atoms with E-state index in [9.17, 15) is 18.0 Å². The highest BCUT2D eigenvalue weighted by Crippen LogP contribution is 2.36. The van der Waals surface area contributed by atoms with Gasteiger partial charge in [-0.05, 0) is 40.0 Å². The van der Waals surface area contributed by atoms with Gasteiger partial charge in [-0.1, -0.05) is 0 Å². The Hall–Kier alpha value is -2.32. The van der Waals surface area contributed by atoms with E-state index in [0.717, 1.165) is 17.8 Å². The van der Waals surface area contributed by atoms with Gasteiger partial charge in [0.2, 0.25) is 5.91 Å². The van der Waals surface area contributed by atoms with Gasteiger partial charge in [0.05, 0.1) is 5.69 Å². The Morgan fingerprint density at radius 2 is 2.00 bits per heavy atom. The van der Waals surface area contributed by atoms with Gasteiger partial charge in [0.1, 0.15) is 6.54 Å². The van der Waals surface area contributed by atoms with Crippen molar-refractivity contribution in [1.29, 1.82) is 0 Å². The zero-order chi connectivity index (χ0) is 19.8. The minimum absolute atomic E-state index is 0.173. The van der Waals surface area contributed by atoms with Crippen molar-refractivity contribution in [2.45, 2.75) is 65.8 Å². The second kappa shape index (κ2) is 7.36. The van der Waals surface area contributed by atoms with Crippen LogP contribution < -0.4 is 0 Å². The molecule has 1 aliphatic rings. The smallest absolute Gasteiger partial charge is 0.337 e. The van der Waals surface area contributed by atoms with E-state index in [1.165, 1.54) is 4.68 Å². The molecule has 0 aliphatic heterocycles. The number of nitrogens with zero attached hydrogens (tertiary/aromatic N) is 5. The molecule has 1 aliphatic carbocycles. The summed E-state index contributed by atoms with van der Waals surface area (Å²) >= 11 is 0. The highest BCUT2D eigenvalue weighted by atomic mass is 19.4. The number of alkyl halides is 3. The summed E-state index contributed by atoms with van der Waals surface area (Å²) in [5.41, 5.74) is 1.74. The lowest BCUT2D eigenvalue weighted by atomic mass is 10.2. The van der Waals surface area contributed by atoms with Crippen molar-refractivity contribution in [1.82, 2.24) is 24.5 Å². The van der Waals surface area contributed by atoms with E-state index in [4.69, 9.17) is 0 Å². The predicted molar refractivity (Wildman–Crippen MR) is 93.0 cm³/mol. The van der Waals surface area contributed by atoms with E-state index in [2.05, 4.69) is 10.2 Å². The number of aromatic nitrogens is 4. The van der Waals surface area contributed by atoms with Crippen molar-refractivity contribution in [2.24, 2.45) is 0 Å². The molecule has 0 fully saturated rings. The van der Waals surface area contributed by atoms with Gasteiger partial charge in [0.25, 0.3) is 0 Å². The zero-order valence-electron chi connectivity index (χ0n) is 15.8. The van der Waals surface area contributed by atoms with Gasteiger partial charge >= 0.3 is 6.18 Å². The van der Waals surface area contributed by atoms with Gasteiger partial charge in [0, 0.05) is 42.7 Å². The lowest BCUT2D eigenvalue weighted by molar-refractivity contribution is -0.142. The van der Waals surface area contributed by atoms with Crippen LogP contribution in [0.4, 0.5) is 13.2 Å². The van der Waals surface area contributed by atoms with Crippen molar-refractivity contribution >= 4 is 5.91 Å². The number of hydrogen-bond donors (Lipinski definition) is 0. The normalized spacial score (nSPS) is 13.9. The number of fused-ring (bicyclic) bond motifs is 1. The van der Waals surface area contributed by atoms with Gasteiger partial charge in [-0.2, -0.15) is 23.4 Å². The zero-order valence-corrected chi connectivity index (χ0v) is 15.8. The van der Waals surface area contributed by atoms with Crippen molar-refractivity contribution in [3.63, 3.8) is 0 Å². The van der Waals surface area contributed by atoms with E-state index < -0.39 is 11.9 Å². The second-order valence-electron chi connectivity index (χ2n) is 6.79. The Labute approximate surface area is 155 Å². The standard InChI is InChI=1S/C18H24F3N5O/c1-4-24(9-13-10-25(5-2)22-12(13)3)16(27)11-26-15-8-6-7-14(15)17(23-26)18(19,20)21/h10H,4-9,11H2,1-3H3. The number of amides is 1. The van der Waals surface area contributed by atoms with Crippen LogP contribution in [0, 0.1) is 6.92 Å². The fourth-order valence-corrected chi connectivity index (χ4v) is 3.55. The summed E-state index contributed by atoms with van der Waals surface area (Å²) in [5, 5.41) is 8.10. The highest BCUT2D eigenvalue weighted by Gasteiger charge is 2.40. The van der Waals surface area contributed by atoms with E-state index in [1.807, 2.05) is 27.0 Å². The summed E-state index contributed by atoms with van der Waals surface area (Å²) in [6, 6.07) is 0. The van der Waals surface area contributed by atoms with Gasteiger partial charge in [-0.15, -0.1) is 0 Å². The first-order valence-corrected chi connectivity index (χ1v) is 9.21. The Morgan fingerprint density at radius 1 is 1.26 bits per heavy atom. The summed E-state index contributed by atoms with van der Waals surface area (Å²) in [4.78, 5) is 14.4. The third-order valence-electron chi connectivity index (χ3n) is 5.03. The molecular formula is C18H24F3N5O. The molecule has 1 amide bonds. The van der Waals surface area contributed by atoms with E-state index in [-0.39, 0.29) is 18.0 Å². The molecule has 148 valence electrons. The molecule has 2 heterocycles. The molecule has 27 heavy (non-hydrogen) atoms. The molecular weight excluding hydrogens is 359 g/mol. The van der Waals surface area contributed by atoms with Gasteiger partial charge < -0.3 is 4.90 Å². The monoisotopic (exact) mass is 383 g/mol. The molecule has 3 rings (SSSR count). The summed E-state index contributed by atoms with van der Waals surface area (Å²) < 4.78 is 42.7. The summed E-state index contributed by atoms with van der Waals surface area (Å²) in [6.07, 6.45) is -1.03. The molecule has 0 bridgehead atoms. The number of halogens is 3. The first-order chi connectivity index (χ1) is 12.7. The Balaban J connectivity index is 1.78. The average molecular weight is 383 g/mol. The molecule has 0 N–H and O–H groups in total. The minimum atomic E-state index is -4.49. The number of aryl methyl sites for hydroxylation is 2. The van der Waals surface area contributed by atoms with Crippen LogP contribution in [0.5, 0.6) is 0 Å². The SMILES string of the molecule is CCN(Cc1cn(CC)nc1C)C(=O)Cn1nc(C(F)(F)F)c2c1CCC2. The third kappa shape index (κ3) is 3.86. The van der Waals surface area contributed by atoms with E-state index in [1.54, 1.807) is 9.58 Å². The fourth-order valence-electron chi connectivity index (χ4n) is 3.55. The van der Waals surface area contributed by atoms with Crippen molar-refractivity contribution in [2.75, 3.05) is 6.54 Å². The summed E-state index contributed by atoms with van der Waals surface area (Å²) in [6.45, 7) is 7.13. The summed E-state index contributed by atoms with van der Waals surface area (Å²) in [5.74, 6) is -0.243. The fraction of sp³-hybridized carbons (Fsp3) is 0.611. The second-order valence-corrected chi connectivity index (χ2v) is 6.79. The molecule has 0 saturated heterocycles. The molecule has 2 aromatic rings. The van der Waals surface area contributed by atoms with Crippen LogP contribution in [0.15, 0.2) is 6.20 Å². The maximum atomic E-state index is 13.2. The van der Waals surface area contributed by atoms with Gasteiger partial charge in [0.15, 0.2) is 5.69 Å². The van der Waals surface area contributed by atoms with Crippen LogP contribution in [-0.4, -0.2) is 36.9 Å². The van der Waals surface area contributed by atoms with Crippen LogP contribution in [-0.2, 0) is 43.4 Å². The Bertz CT molecular complexity index is 837. The highest BCUT2D eigenvalue weighted by molar-refractivity contribution is 5.76. The molecule has 0 atom stereocenters. The predicted octanol–water partition coefficient (Wildman–Crippen LogP) is 2.96. The Morgan fingerprint density at radius 3 is 2.59 bits per heavy atom. The molecule has 0 radical (unpaired) electrons. The number of carbonyl (C=O) groups excluding carboxylic acids is 1. The molecule has 2 aromatic heterocycles. The number of carbonyl (C=O) groups is 1. The number of rotatable bonds is 6. The average Bonchev–Trinajstić information content (AvgIpc) is 3.28. The quantitative estimate of drug-likeness (QED) is 0.771. The maximum absolute atomic E-state index is 13.2. The molecule has 0 unspecified atom stereocenters. The lowest BCUT2D eigenvalue weighted by Crippen LogP contribution is -2.34. The van der Waals surface area contributed by atoms with Crippen LogP contribution in [0.25, 0.3) is 0 Å². The molecule has 9 heteroatoms. The number of hydrogen-bond acceptors (Lipinski definition) is 3. The lowest BCUT2D eigenvalue weighted by Gasteiger charge is -2.21. The van der Waals surface area contributed by atoms with Crippen molar-refractivity contribution < 1.29 is 18.0 Å². The maximum Gasteiger partial charge on any atom is 0.435 e. The molecule has 6 nitrogen and oxygen atoms in total. The Kier molecular flexibility index (Phi) is 5.30. The van der Waals surface area contributed by atoms with Crippen LogP contribution in [0.3, 0.4) is 0 Å². The van der Waals surface area contributed by atoms with Crippen LogP contribution in [0.1, 0.15) is 48.5 Å². The third-order valence-corrected chi connectivity index (χ3v) is 5.03. The van der Waals surface area contributed by atoms with E-state index in [0.29, 0.717) is 38.0 Å². The minimum Gasteiger partial charge on any atom is -0.337 e. The van der Waals surface area contributed by atoms with Crippen LogP contribution in [0.2, 0.25) is 0 Å². The first-order valence-electron chi connectivity index (χ1n) is 9.21.